The minimum Gasteiger partial charge on any atom is -0.342 e. The highest BCUT2D eigenvalue weighted by Gasteiger charge is 2.29. The number of aromatic nitrogens is 2. The highest BCUT2D eigenvalue weighted by molar-refractivity contribution is 5.73. The molecule has 0 bridgehead atoms. The molecule has 24 heavy (non-hydrogen) atoms. The van der Waals surface area contributed by atoms with E-state index < -0.39 is 0 Å². The van der Waals surface area contributed by atoms with E-state index in [4.69, 9.17) is 9.97 Å². The Morgan fingerprint density at radius 1 is 1.17 bits per heavy atom. The first-order valence-electron chi connectivity index (χ1n) is 9.55. The van der Waals surface area contributed by atoms with Crippen molar-refractivity contribution in [1.82, 2.24) is 19.8 Å². The van der Waals surface area contributed by atoms with E-state index in [0.29, 0.717) is 5.92 Å². The number of amides is 1. The number of nitrogens with zero attached hydrogens (tertiary/aromatic N) is 4. The first-order chi connectivity index (χ1) is 11.7. The third kappa shape index (κ3) is 3.18. The number of carbonyl (C=O) groups is 1. The smallest absolute Gasteiger partial charge is 0.219 e. The number of piperidine rings is 1. The summed E-state index contributed by atoms with van der Waals surface area (Å²) in [6, 6.07) is 0.778. The third-order valence-electron chi connectivity index (χ3n) is 6.06. The van der Waals surface area contributed by atoms with Crippen LogP contribution in [0.1, 0.15) is 68.4 Å². The predicted molar refractivity (Wildman–Crippen MR) is 92.6 cm³/mol. The lowest BCUT2D eigenvalue weighted by atomic mass is 9.96. The van der Waals surface area contributed by atoms with Gasteiger partial charge >= 0.3 is 0 Å². The maximum Gasteiger partial charge on any atom is 0.219 e. The van der Waals surface area contributed by atoms with Crippen LogP contribution in [0.5, 0.6) is 0 Å². The zero-order chi connectivity index (χ0) is 16.5. The van der Waals surface area contributed by atoms with Crippen molar-refractivity contribution in [2.24, 2.45) is 0 Å². The Bertz CT molecular complexity index is 611. The van der Waals surface area contributed by atoms with Gasteiger partial charge in [0.2, 0.25) is 5.91 Å². The van der Waals surface area contributed by atoms with Gasteiger partial charge < -0.3 is 4.90 Å². The second kappa shape index (κ2) is 6.79. The summed E-state index contributed by atoms with van der Waals surface area (Å²) in [6.45, 7) is 5.48. The average Bonchev–Trinajstić information content (AvgIpc) is 3.15. The zero-order valence-corrected chi connectivity index (χ0v) is 14.7. The first-order valence-corrected chi connectivity index (χ1v) is 9.55. The van der Waals surface area contributed by atoms with Crippen LogP contribution in [0, 0.1) is 0 Å². The molecule has 3 aliphatic rings. The molecular formula is C19H28N4O. The van der Waals surface area contributed by atoms with Crippen molar-refractivity contribution >= 4 is 5.91 Å². The number of hydrogen-bond acceptors (Lipinski definition) is 4. The van der Waals surface area contributed by atoms with Crippen LogP contribution in [-0.4, -0.2) is 51.4 Å². The number of likely N-dealkylation sites (tertiary alicyclic amines) is 1. The van der Waals surface area contributed by atoms with Crippen LogP contribution in [-0.2, 0) is 17.8 Å². The maximum atomic E-state index is 11.6. The molecule has 0 aromatic carbocycles. The molecule has 1 aliphatic carbocycles. The Kier molecular flexibility index (Phi) is 4.53. The van der Waals surface area contributed by atoms with E-state index in [1.807, 2.05) is 4.90 Å². The molecule has 2 aliphatic heterocycles. The second-order valence-electron chi connectivity index (χ2n) is 7.66. The quantitative estimate of drug-likeness (QED) is 0.837. The maximum absolute atomic E-state index is 11.6. The monoisotopic (exact) mass is 328 g/mol. The molecule has 1 aromatic heterocycles. The van der Waals surface area contributed by atoms with Crippen LogP contribution in [0.3, 0.4) is 0 Å². The number of rotatable bonds is 2. The van der Waals surface area contributed by atoms with Gasteiger partial charge in [-0.3, -0.25) is 9.69 Å². The minimum atomic E-state index is 0.171. The highest BCUT2D eigenvalue weighted by Crippen LogP contribution is 2.29. The summed E-state index contributed by atoms with van der Waals surface area (Å²) in [7, 11) is 0. The minimum absolute atomic E-state index is 0.171. The van der Waals surface area contributed by atoms with Crippen molar-refractivity contribution < 1.29 is 4.79 Å². The fraction of sp³-hybridized carbons (Fsp3) is 0.737. The van der Waals surface area contributed by atoms with Gasteiger partial charge in [0, 0.05) is 68.9 Å². The van der Waals surface area contributed by atoms with Gasteiger partial charge in [-0.25, -0.2) is 9.97 Å². The molecule has 5 heteroatoms. The van der Waals surface area contributed by atoms with Crippen molar-refractivity contribution in [3.8, 4) is 0 Å². The predicted octanol–water partition coefficient (Wildman–Crippen LogP) is 2.50. The van der Waals surface area contributed by atoms with Gasteiger partial charge in [-0.15, -0.1) is 0 Å². The summed E-state index contributed by atoms with van der Waals surface area (Å²) in [4.78, 5) is 25.8. The molecule has 4 rings (SSSR count). The van der Waals surface area contributed by atoms with E-state index in [1.54, 1.807) is 6.92 Å². The van der Waals surface area contributed by atoms with Gasteiger partial charge in [-0.05, 0) is 25.7 Å². The number of hydrogen-bond donors (Lipinski definition) is 0. The molecule has 0 radical (unpaired) electrons. The Hall–Kier alpha value is -1.49. The van der Waals surface area contributed by atoms with Gasteiger partial charge in [0.1, 0.15) is 5.82 Å². The summed E-state index contributed by atoms with van der Waals surface area (Å²) < 4.78 is 0. The van der Waals surface area contributed by atoms with Gasteiger partial charge in [0.15, 0.2) is 0 Å². The van der Waals surface area contributed by atoms with Gasteiger partial charge in [0.25, 0.3) is 0 Å². The Morgan fingerprint density at radius 2 is 2.00 bits per heavy atom. The fourth-order valence-corrected chi connectivity index (χ4v) is 4.61. The van der Waals surface area contributed by atoms with Crippen molar-refractivity contribution in [3.05, 3.63) is 23.3 Å². The molecule has 2 fully saturated rings. The van der Waals surface area contributed by atoms with Crippen LogP contribution >= 0.6 is 0 Å². The van der Waals surface area contributed by atoms with E-state index in [1.165, 1.54) is 36.9 Å². The summed E-state index contributed by atoms with van der Waals surface area (Å²) in [5, 5.41) is 0. The molecule has 1 saturated carbocycles. The molecule has 0 spiro atoms. The lowest BCUT2D eigenvalue weighted by Crippen LogP contribution is -2.39. The molecule has 1 unspecified atom stereocenters. The molecule has 1 aromatic rings. The van der Waals surface area contributed by atoms with Gasteiger partial charge in [0.05, 0.1) is 0 Å². The first kappa shape index (κ1) is 16.0. The number of fused-ring (bicyclic) bond motifs is 1. The molecule has 0 N–H and O–H groups in total. The molecule has 3 heterocycles. The van der Waals surface area contributed by atoms with E-state index >= 15 is 0 Å². The SMILES string of the molecule is CC(=O)N1CCCC(c2ncc3c(n2)CCN(C2CCCC2)C3)C1. The standard InChI is InChI=1S/C19H28N4O/c1-14(24)22-9-4-5-15(12-22)19-20-11-16-13-23(10-8-18(16)21-19)17-6-2-3-7-17/h11,15,17H,2-10,12-13H2,1H3. The lowest BCUT2D eigenvalue weighted by molar-refractivity contribution is -0.130. The highest BCUT2D eigenvalue weighted by atomic mass is 16.2. The van der Waals surface area contributed by atoms with Crippen LogP contribution in [0.2, 0.25) is 0 Å². The summed E-state index contributed by atoms with van der Waals surface area (Å²) >= 11 is 0. The van der Waals surface area contributed by atoms with Gasteiger partial charge in [-0.1, -0.05) is 12.8 Å². The third-order valence-corrected chi connectivity index (χ3v) is 6.06. The average molecular weight is 328 g/mol. The van der Waals surface area contributed by atoms with E-state index in [-0.39, 0.29) is 5.91 Å². The number of carbonyl (C=O) groups excluding carboxylic acids is 1. The summed E-state index contributed by atoms with van der Waals surface area (Å²) in [5.74, 6) is 1.43. The van der Waals surface area contributed by atoms with Crippen molar-refractivity contribution in [1.29, 1.82) is 0 Å². The van der Waals surface area contributed by atoms with E-state index in [2.05, 4.69) is 11.1 Å². The molecule has 130 valence electrons. The van der Waals surface area contributed by atoms with E-state index in [0.717, 1.165) is 57.3 Å². The second-order valence-corrected chi connectivity index (χ2v) is 7.66. The Balaban J connectivity index is 1.47. The summed E-state index contributed by atoms with van der Waals surface area (Å²) in [6.07, 6.45) is 10.7. The molecule has 5 nitrogen and oxygen atoms in total. The largest absolute Gasteiger partial charge is 0.342 e. The van der Waals surface area contributed by atoms with Crippen molar-refractivity contribution in [2.75, 3.05) is 19.6 Å². The fourth-order valence-electron chi connectivity index (χ4n) is 4.61. The molecule has 1 amide bonds. The van der Waals surface area contributed by atoms with Crippen LogP contribution in [0.25, 0.3) is 0 Å². The van der Waals surface area contributed by atoms with Crippen LogP contribution in [0.15, 0.2) is 6.20 Å². The lowest BCUT2D eigenvalue weighted by Gasteiger charge is -2.34. The van der Waals surface area contributed by atoms with Crippen LogP contribution in [0.4, 0.5) is 0 Å². The van der Waals surface area contributed by atoms with Crippen molar-refractivity contribution in [3.63, 3.8) is 0 Å². The molecule has 1 saturated heterocycles. The van der Waals surface area contributed by atoms with Crippen molar-refractivity contribution in [2.45, 2.75) is 70.4 Å². The normalized spacial score (nSPS) is 25.7. The topological polar surface area (TPSA) is 49.3 Å². The Labute approximate surface area is 144 Å². The molecular weight excluding hydrogens is 300 g/mol. The van der Waals surface area contributed by atoms with Gasteiger partial charge in [-0.2, -0.15) is 0 Å². The zero-order valence-electron chi connectivity index (χ0n) is 14.7. The van der Waals surface area contributed by atoms with Crippen LogP contribution < -0.4 is 0 Å². The molecule has 1 atom stereocenters. The summed E-state index contributed by atoms with van der Waals surface area (Å²) in [5.41, 5.74) is 2.56. The Morgan fingerprint density at radius 3 is 2.79 bits per heavy atom. The van der Waals surface area contributed by atoms with E-state index in [9.17, 15) is 4.79 Å².